The minimum atomic E-state index is -0.908. The van der Waals surface area contributed by atoms with Crippen LogP contribution in [0.1, 0.15) is 39.5 Å². The van der Waals surface area contributed by atoms with Crippen LogP contribution in [0.15, 0.2) is 24.3 Å². The summed E-state index contributed by atoms with van der Waals surface area (Å²) < 4.78 is 0. The van der Waals surface area contributed by atoms with Gasteiger partial charge in [-0.25, -0.2) is 9.59 Å². The summed E-state index contributed by atoms with van der Waals surface area (Å²) in [6, 6.07) is 0. The van der Waals surface area contributed by atoms with Crippen molar-refractivity contribution in [1.29, 1.82) is 0 Å². The zero-order chi connectivity index (χ0) is 14.0. The summed E-state index contributed by atoms with van der Waals surface area (Å²) in [6.07, 6.45) is 9.29. The fourth-order valence-corrected chi connectivity index (χ4v) is 1.61. The van der Waals surface area contributed by atoms with Gasteiger partial charge in [-0.1, -0.05) is 38.8 Å². The number of allylic oxidation sites excluding steroid dienone is 2. The van der Waals surface area contributed by atoms with E-state index in [1.807, 2.05) is 0 Å². The van der Waals surface area contributed by atoms with Crippen LogP contribution in [0.25, 0.3) is 0 Å². The van der Waals surface area contributed by atoms with E-state index in [0.717, 1.165) is 25.7 Å². The van der Waals surface area contributed by atoms with E-state index < -0.39 is 11.9 Å². The monoisotopic (exact) mass is 254 g/mol. The summed E-state index contributed by atoms with van der Waals surface area (Å²) in [5.41, 5.74) is 0. The van der Waals surface area contributed by atoms with Gasteiger partial charge < -0.3 is 10.2 Å². The molecule has 0 heterocycles. The summed E-state index contributed by atoms with van der Waals surface area (Å²) in [4.78, 5) is 20.6. The average molecular weight is 254 g/mol. The largest absolute Gasteiger partial charge is 0.478 e. The van der Waals surface area contributed by atoms with Crippen LogP contribution in [-0.2, 0) is 9.59 Å². The highest BCUT2D eigenvalue weighted by atomic mass is 16.4. The van der Waals surface area contributed by atoms with Crippen molar-refractivity contribution in [2.24, 2.45) is 11.8 Å². The van der Waals surface area contributed by atoms with E-state index >= 15 is 0 Å². The van der Waals surface area contributed by atoms with Crippen LogP contribution in [-0.4, -0.2) is 22.2 Å². The van der Waals surface area contributed by atoms with Crippen molar-refractivity contribution in [3.8, 4) is 0 Å². The zero-order valence-corrected chi connectivity index (χ0v) is 11.0. The van der Waals surface area contributed by atoms with Crippen LogP contribution in [0.5, 0.6) is 0 Å². The molecule has 18 heavy (non-hydrogen) atoms. The fraction of sp³-hybridized carbons (Fsp3) is 0.571. The molecule has 0 aromatic carbocycles. The lowest BCUT2D eigenvalue weighted by atomic mass is 9.94. The Morgan fingerprint density at radius 1 is 0.889 bits per heavy atom. The van der Waals surface area contributed by atoms with Gasteiger partial charge in [-0.3, -0.25) is 0 Å². The Kier molecular flexibility index (Phi) is 8.62. The van der Waals surface area contributed by atoms with Crippen molar-refractivity contribution in [1.82, 2.24) is 0 Å². The average Bonchev–Trinajstić information content (AvgIpc) is 2.25. The Labute approximate surface area is 108 Å². The smallest absolute Gasteiger partial charge is 0.327 e. The fourth-order valence-electron chi connectivity index (χ4n) is 1.61. The van der Waals surface area contributed by atoms with E-state index in [2.05, 4.69) is 13.8 Å². The van der Waals surface area contributed by atoms with Crippen LogP contribution in [0.3, 0.4) is 0 Å². The molecule has 0 aromatic rings. The topological polar surface area (TPSA) is 74.6 Å². The molecule has 0 rings (SSSR count). The minimum Gasteiger partial charge on any atom is -0.478 e. The van der Waals surface area contributed by atoms with Crippen molar-refractivity contribution < 1.29 is 19.8 Å². The van der Waals surface area contributed by atoms with Gasteiger partial charge in [0.2, 0.25) is 0 Å². The first-order chi connectivity index (χ1) is 8.41. The SMILES string of the molecule is CC(CC=CC(=O)O)CCC(C)CC=CC(=O)O. The van der Waals surface area contributed by atoms with Crippen molar-refractivity contribution in [2.75, 3.05) is 0 Å². The Balaban J connectivity index is 3.74. The van der Waals surface area contributed by atoms with Crippen molar-refractivity contribution in [3.63, 3.8) is 0 Å². The number of hydrogen-bond donors (Lipinski definition) is 2. The highest BCUT2D eigenvalue weighted by Gasteiger charge is 2.05. The molecule has 4 heteroatoms. The molecule has 0 radical (unpaired) electrons. The molecule has 0 aliphatic carbocycles. The quantitative estimate of drug-likeness (QED) is 0.620. The molecule has 2 unspecified atom stereocenters. The number of carboxylic acid groups (broad SMARTS) is 2. The number of aliphatic carboxylic acids is 2. The molecule has 0 aliphatic heterocycles. The lowest BCUT2D eigenvalue weighted by Gasteiger charge is -2.12. The third-order valence-corrected chi connectivity index (χ3v) is 2.75. The molecule has 0 amide bonds. The molecular formula is C14H22O4. The second-order valence-corrected chi connectivity index (χ2v) is 4.74. The molecule has 0 saturated carbocycles. The first-order valence-corrected chi connectivity index (χ1v) is 6.20. The van der Waals surface area contributed by atoms with Gasteiger partial charge in [-0.05, 0) is 24.7 Å². The van der Waals surface area contributed by atoms with Crippen molar-refractivity contribution in [2.45, 2.75) is 39.5 Å². The Morgan fingerprint density at radius 3 is 1.50 bits per heavy atom. The lowest BCUT2D eigenvalue weighted by molar-refractivity contribution is -0.132. The second kappa shape index (κ2) is 9.45. The van der Waals surface area contributed by atoms with Gasteiger partial charge in [0.05, 0.1) is 0 Å². The van der Waals surface area contributed by atoms with Crippen molar-refractivity contribution >= 4 is 11.9 Å². The minimum absolute atomic E-state index is 0.450. The molecule has 2 N–H and O–H groups in total. The van der Waals surface area contributed by atoms with Gasteiger partial charge in [0, 0.05) is 12.2 Å². The molecule has 0 spiro atoms. The molecule has 0 saturated heterocycles. The summed E-state index contributed by atoms with van der Waals surface area (Å²) >= 11 is 0. The number of carbonyl (C=O) groups is 2. The summed E-state index contributed by atoms with van der Waals surface area (Å²) in [5.74, 6) is -0.915. The van der Waals surface area contributed by atoms with E-state index in [1.165, 1.54) is 12.2 Å². The molecule has 0 aromatic heterocycles. The van der Waals surface area contributed by atoms with Gasteiger partial charge in [-0.15, -0.1) is 0 Å². The molecule has 102 valence electrons. The normalized spacial score (nSPS) is 15.0. The van der Waals surface area contributed by atoms with Crippen molar-refractivity contribution in [3.05, 3.63) is 24.3 Å². The first-order valence-electron chi connectivity index (χ1n) is 6.20. The number of rotatable bonds is 9. The zero-order valence-electron chi connectivity index (χ0n) is 11.0. The van der Waals surface area contributed by atoms with E-state index in [4.69, 9.17) is 10.2 Å². The third kappa shape index (κ3) is 10.9. The second-order valence-electron chi connectivity index (χ2n) is 4.74. The highest BCUT2D eigenvalue weighted by molar-refractivity contribution is 5.79. The molecule has 2 atom stereocenters. The first kappa shape index (κ1) is 16.4. The molecule has 0 bridgehead atoms. The maximum absolute atomic E-state index is 10.3. The van der Waals surface area contributed by atoms with Crippen LogP contribution in [0.2, 0.25) is 0 Å². The number of hydrogen-bond acceptors (Lipinski definition) is 2. The van der Waals surface area contributed by atoms with Gasteiger partial charge >= 0.3 is 11.9 Å². The standard InChI is InChI=1S/C14H22O4/c1-11(5-3-7-13(15)16)9-10-12(2)6-4-8-14(17)18/h3-4,7-8,11-12H,5-6,9-10H2,1-2H3,(H,15,16)(H,17,18). The lowest BCUT2D eigenvalue weighted by Crippen LogP contribution is -2.00. The maximum Gasteiger partial charge on any atom is 0.327 e. The van der Waals surface area contributed by atoms with Crippen LogP contribution in [0, 0.1) is 11.8 Å². The van der Waals surface area contributed by atoms with E-state index in [9.17, 15) is 9.59 Å². The van der Waals surface area contributed by atoms with E-state index in [0.29, 0.717) is 11.8 Å². The number of carboxylic acids is 2. The van der Waals surface area contributed by atoms with E-state index in [1.54, 1.807) is 12.2 Å². The molecular weight excluding hydrogens is 232 g/mol. The summed E-state index contributed by atoms with van der Waals surface area (Å²) in [6.45, 7) is 4.18. The van der Waals surface area contributed by atoms with E-state index in [-0.39, 0.29) is 0 Å². The van der Waals surface area contributed by atoms with Crippen LogP contribution < -0.4 is 0 Å². The summed E-state index contributed by atoms with van der Waals surface area (Å²) in [5, 5.41) is 16.9. The third-order valence-electron chi connectivity index (χ3n) is 2.75. The van der Waals surface area contributed by atoms with Gasteiger partial charge in [0.15, 0.2) is 0 Å². The molecule has 0 aliphatic rings. The van der Waals surface area contributed by atoms with Crippen LogP contribution >= 0.6 is 0 Å². The predicted molar refractivity (Wildman–Crippen MR) is 70.3 cm³/mol. The molecule has 0 fully saturated rings. The van der Waals surface area contributed by atoms with Crippen LogP contribution in [0.4, 0.5) is 0 Å². The Morgan fingerprint density at radius 2 is 1.22 bits per heavy atom. The molecule has 4 nitrogen and oxygen atoms in total. The Hall–Kier alpha value is -1.58. The summed E-state index contributed by atoms with van der Waals surface area (Å²) in [7, 11) is 0. The van der Waals surface area contributed by atoms with Gasteiger partial charge in [-0.2, -0.15) is 0 Å². The van der Waals surface area contributed by atoms with Gasteiger partial charge in [0.1, 0.15) is 0 Å². The Bertz CT molecular complexity index is 286. The predicted octanol–water partition coefficient (Wildman–Crippen LogP) is 3.10. The maximum atomic E-state index is 10.3. The highest BCUT2D eigenvalue weighted by Crippen LogP contribution is 2.18. The van der Waals surface area contributed by atoms with Gasteiger partial charge in [0.25, 0.3) is 0 Å².